The molecule has 1 aliphatic rings. The highest BCUT2D eigenvalue weighted by Gasteiger charge is 2.54. The van der Waals surface area contributed by atoms with Gasteiger partial charge in [-0.2, -0.15) is 13.5 Å². The minimum absolute atomic E-state index is 0.0441. The fraction of sp³-hybridized carbons (Fsp3) is 0.438. The van der Waals surface area contributed by atoms with Crippen LogP contribution in [0.1, 0.15) is 19.5 Å². The Balaban J connectivity index is 1.92. The molecule has 3 rings (SSSR count). The highest BCUT2D eigenvalue weighted by Crippen LogP contribution is 2.25. The Morgan fingerprint density at radius 2 is 2.03 bits per heavy atom. The van der Waals surface area contributed by atoms with Gasteiger partial charge >= 0.3 is 22.0 Å². The molecule has 17 nitrogen and oxygen atoms in total. The third-order valence-corrected chi connectivity index (χ3v) is 6.43. The van der Waals surface area contributed by atoms with Gasteiger partial charge in [-0.1, -0.05) is 5.16 Å². The Bertz CT molecular complexity index is 1370. The number of amides is 2. The quantitative estimate of drug-likeness (QED) is 0.112. The third kappa shape index (κ3) is 5.15. The molecule has 3 heterocycles. The van der Waals surface area contributed by atoms with Gasteiger partial charge in [-0.3, -0.25) is 18.7 Å². The molecule has 0 bridgehead atoms. The Hall–Kier alpha value is -3.84. The second-order valence-electron chi connectivity index (χ2n) is 7.75. The van der Waals surface area contributed by atoms with Gasteiger partial charge in [-0.15, -0.1) is 11.3 Å². The fourth-order valence-corrected chi connectivity index (χ4v) is 4.29. The number of oxime groups is 1. The Morgan fingerprint density at radius 1 is 1.37 bits per heavy atom. The fourth-order valence-electron chi connectivity index (χ4n) is 2.87. The molecule has 1 saturated heterocycles. The van der Waals surface area contributed by atoms with Crippen LogP contribution in [0.4, 0.5) is 5.13 Å². The third-order valence-electron chi connectivity index (χ3n) is 4.81. The monoisotopic (exact) mass is 532 g/mol. The van der Waals surface area contributed by atoms with Gasteiger partial charge in [0.25, 0.3) is 11.8 Å². The average Bonchev–Trinajstić information content (AvgIpc) is 3.30. The van der Waals surface area contributed by atoms with E-state index in [4.69, 9.17) is 10.6 Å². The second kappa shape index (κ2) is 9.07. The van der Waals surface area contributed by atoms with E-state index in [0.717, 1.165) is 26.9 Å². The molecule has 1 aliphatic heterocycles. The van der Waals surface area contributed by atoms with Crippen molar-refractivity contribution >= 4 is 50.3 Å². The molecule has 1 fully saturated rings. The number of nitrogens with two attached hydrogens (primary N) is 1. The summed E-state index contributed by atoms with van der Waals surface area (Å²) in [6.07, 6.45) is 1.15. The number of anilines is 1. The van der Waals surface area contributed by atoms with Crippen molar-refractivity contribution in [1.82, 2.24) is 29.0 Å². The van der Waals surface area contributed by atoms with Gasteiger partial charge in [0.2, 0.25) is 5.60 Å². The van der Waals surface area contributed by atoms with Gasteiger partial charge in [-0.05, 0) is 13.8 Å². The number of aryl methyl sites for hydroxylation is 1. The van der Waals surface area contributed by atoms with Crippen molar-refractivity contribution < 1.29 is 37.3 Å². The number of aliphatic carboxylic acids is 1. The van der Waals surface area contributed by atoms with E-state index in [1.807, 2.05) is 0 Å². The van der Waals surface area contributed by atoms with E-state index >= 15 is 0 Å². The zero-order chi connectivity index (χ0) is 26.3. The van der Waals surface area contributed by atoms with Crippen LogP contribution in [0.5, 0.6) is 0 Å². The summed E-state index contributed by atoms with van der Waals surface area (Å²) >= 11 is 0.937. The summed E-state index contributed by atoms with van der Waals surface area (Å²) in [7, 11) is -3.64. The lowest BCUT2D eigenvalue weighted by molar-refractivity contribution is -0.161. The zero-order valence-electron chi connectivity index (χ0n) is 18.3. The highest BCUT2D eigenvalue weighted by atomic mass is 32.2. The van der Waals surface area contributed by atoms with Crippen LogP contribution in [0, 0.1) is 0 Å². The molecule has 0 aromatic carbocycles. The van der Waals surface area contributed by atoms with Gasteiger partial charge in [0.05, 0.1) is 12.6 Å². The number of aromatic nitrogens is 4. The van der Waals surface area contributed by atoms with Crippen molar-refractivity contribution in [3.05, 3.63) is 27.9 Å². The number of hydrogen-bond acceptors (Lipinski definition) is 12. The van der Waals surface area contributed by atoms with E-state index in [-0.39, 0.29) is 15.1 Å². The van der Waals surface area contributed by atoms with Gasteiger partial charge in [0, 0.05) is 12.4 Å². The summed E-state index contributed by atoms with van der Waals surface area (Å²) in [5, 5.41) is 20.2. The van der Waals surface area contributed by atoms with Gasteiger partial charge < -0.3 is 21.0 Å². The number of nitrogens with zero attached hydrogens (tertiary/aromatic N) is 6. The standard InChI is InChI=1S/C16H20N8O9S2/c1-16(2,13(27)28)33-21-9(7-5-34-14(17)19-7)11(25)20-10-8(24(12(10)26)35(30,31)32)4-23-15(29)22(3)6-18-23/h5-6,8,10H,4H2,1-3H3,(H2,17,19)(H,20,25)(H,27,28)(H,30,31,32)/b21-9-/t8-,10+/m1/s1. The molecule has 0 unspecified atom stereocenters. The smallest absolute Gasteiger partial charge is 0.362 e. The number of carboxylic acids is 1. The molecule has 2 aromatic rings. The van der Waals surface area contributed by atoms with Crippen molar-refractivity contribution in [1.29, 1.82) is 0 Å². The lowest BCUT2D eigenvalue weighted by Gasteiger charge is -2.43. The predicted octanol–water partition coefficient (Wildman–Crippen LogP) is -2.60. The van der Waals surface area contributed by atoms with Gasteiger partial charge in [-0.25, -0.2) is 23.6 Å². The molecule has 0 aliphatic carbocycles. The van der Waals surface area contributed by atoms with Gasteiger partial charge in [0.15, 0.2) is 10.8 Å². The van der Waals surface area contributed by atoms with Crippen molar-refractivity contribution in [2.24, 2.45) is 12.2 Å². The van der Waals surface area contributed by atoms with Crippen molar-refractivity contribution in [2.45, 2.75) is 38.1 Å². The number of thiazole rings is 1. The molecule has 2 amide bonds. The van der Waals surface area contributed by atoms with E-state index in [1.165, 1.54) is 26.3 Å². The first-order valence-electron chi connectivity index (χ1n) is 9.54. The van der Waals surface area contributed by atoms with Crippen LogP contribution >= 0.6 is 11.3 Å². The molecular weight excluding hydrogens is 512 g/mol. The van der Waals surface area contributed by atoms with E-state index in [0.29, 0.717) is 0 Å². The van der Waals surface area contributed by atoms with E-state index in [2.05, 4.69) is 20.6 Å². The summed E-state index contributed by atoms with van der Waals surface area (Å²) < 4.78 is 34.8. The van der Waals surface area contributed by atoms with E-state index in [1.54, 1.807) is 0 Å². The topological polar surface area (TPSA) is 241 Å². The summed E-state index contributed by atoms with van der Waals surface area (Å²) in [6.45, 7) is 1.85. The van der Waals surface area contributed by atoms with Crippen LogP contribution in [0.15, 0.2) is 21.7 Å². The number of rotatable bonds is 9. The Labute approximate surface area is 200 Å². The minimum Gasteiger partial charge on any atom is -0.478 e. The maximum Gasteiger partial charge on any atom is 0.362 e. The Kier molecular flexibility index (Phi) is 6.68. The van der Waals surface area contributed by atoms with Crippen molar-refractivity contribution in [3.8, 4) is 0 Å². The molecule has 2 aromatic heterocycles. The number of β-lactam (4-membered cyclic amide) rings is 1. The summed E-state index contributed by atoms with van der Waals surface area (Å²) in [4.78, 5) is 57.7. The average molecular weight is 533 g/mol. The number of carbonyl (C=O) groups excluding carboxylic acids is 2. The molecule has 0 spiro atoms. The highest BCUT2D eigenvalue weighted by molar-refractivity contribution is 7.84. The first-order valence-corrected chi connectivity index (χ1v) is 11.8. The number of nitrogen functional groups attached to an aromatic ring is 1. The first-order chi connectivity index (χ1) is 16.1. The molecule has 190 valence electrons. The first kappa shape index (κ1) is 25.8. The van der Waals surface area contributed by atoms with E-state index < -0.39 is 63.7 Å². The summed E-state index contributed by atoms with van der Waals surface area (Å²) in [5.74, 6) is -3.68. The van der Waals surface area contributed by atoms with E-state index in [9.17, 15) is 37.3 Å². The lowest BCUT2D eigenvalue weighted by atomic mass is 9.98. The van der Waals surface area contributed by atoms with Crippen LogP contribution in [0.3, 0.4) is 0 Å². The van der Waals surface area contributed by atoms with Gasteiger partial charge in [0.1, 0.15) is 18.1 Å². The number of carboxylic acid groups (broad SMARTS) is 1. The summed E-state index contributed by atoms with van der Waals surface area (Å²) in [5.41, 5.74) is 2.43. The molecule has 35 heavy (non-hydrogen) atoms. The lowest BCUT2D eigenvalue weighted by Crippen LogP contribution is -2.73. The Morgan fingerprint density at radius 3 is 2.51 bits per heavy atom. The maximum absolute atomic E-state index is 13.0. The predicted molar refractivity (Wildman–Crippen MR) is 117 cm³/mol. The normalized spacial score (nSPS) is 18.8. The van der Waals surface area contributed by atoms with Crippen molar-refractivity contribution in [3.63, 3.8) is 0 Å². The van der Waals surface area contributed by atoms with Crippen LogP contribution in [-0.2, 0) is 43.1 Å². The maximum atomic E-state index is 13.0. The number of hydrogen-bond donors (Lipinski definition) is 4. The molecule has 5 N–H and O–H groups in total. The van der Waals surface area contributed by atoms with Crippen LogP contribution < -0.4 is 16.7 Å². The molecule has 0 radical (unpaired) electrons. The van der Waals surface area contributed by atoms with Crippen LogP contribution in [0.25, 0.3) is 0 Å². The molecule has 2 atom stereocenters. The zero-order valence-corrected chi connectivity index (χ0v) is 20.0. The summed E-state index contributed by atoms with van der Waals surface area (Å²) in [6, 6.07) is -2.96. The van der Waals surface area contributed by atoms with Crippen molar-refractivity contribution in [2.75, 3.05) is 5.73 Å². The van der Waals surface area contributed by atoms with Crippen LogP contribution in [-0.4, -0.2) is 82.9 Å². The molecular formula is C16H20N8O9S2. The largest absolute Gasteiger partial charge is 0.478 e. The van der Waals surface area contributed by atoms with Crippen LogP contribution in [0.2, 0.25) is 0 Å². The molecule has 19 heteroatoms. The number of nitrogens with one attached hydrogen (secondary N) is 1. The SMILES string of the molecule is Cn1cnn(C[C@@H]2[C@H](NC(=O)/C(=N\OC(C)(C)C(=O)O)c3csc(N)n3)C(=O)N2S(=O)(=O)O)c1=O. The molecule has 0 saturated carbocycles. The second-order valence-corrected chi connectivity index (χ2v) is 9.93. The minimum atomic E-state index is -5.03. The number of carbonyl (C=O) groups is 3.